The highest BCUT2D eigenvalue weighted by molar-refractivity contribution is 5.85. The van der Waals surface area contributed by atoms with Crippen LogP contribution in [0.2, 0.25) is 0 Å². The van der Waals surface area contributed by atoms with Crippen LogP contribution in [-0.2, 0) is 0 Å². The molecule has 0 spiro atoms. The number of hydrogen-bond acceptors (Lipinski definition) is 4. The Morgan fingerprint density at radius 1 is 1.26 bits per heavy atom. The van der Waals surface area contributed by atoms with Gasteiger partial charge in [0.25, 0.3) is 5.82 Å². The number of aromatic amines is 1. The monoisotopic (exact) mass is 260 g/mol. The van der Waals surface area contributed by atoms with Gasteiger partial charge in [0.1, 0.15) is 5.75 Å². The van der Waals surface area contributed by atoms with Gasteiger partial charge >= 0.3 is 0 Å². The average Bonchev–Trinajstić information content (AvgIpc) is 2.43. The number of nitrogens with two attached hydrogens (primary N) is 1. The van der Waals surface area contributed by atoms with Gasteiger partial charge in [0.15, 0.2) is 0 Å². The number of carbonyl (C=O) groups is 1. The van der Waals surface area contributed by atoms with Crippen LogP contribution in [0.1, 0.15) is 15.9 Å². The molecule has 0 saturated heterocycles. The lowest BCUT2D eigenvalue weighted by Gasteiger charge is -2.02. The van der Waals surface area contributed by atoms with Crippen LogP contribution in [0.25, 0.3) is 0 Å². The molecule has 0 saturated carbocycles. The number of ether oxygens (including phenoxy) is 1. The summed E-state index contributed by atoms with van der Waals surface area (Å²) >= 11 is 0. The minimum atomic E-state index is -1.17. The van der Waals surface area contributed by atoms with Crippen LogP contribution >= 0.6 is 0 Å². The van der Waals surface area contributed by atoms with E-state index in [1.165, 1.54) is 19.2 Å². The largest absolute Gasteiger partial charge is 0.545 e. The summed E-state index contributed by atoms with van der Waals surface area (Å²) in [6, 6.07) is 9.91. The Morgan fingerprint density at radius 2 is 1.89 bits per heavy atom. The van der Waals surface area contributed by atoms with E-state index < -0.39 is 5.97 Å². The van der Waals surface area contributed by atoms with Crippen LogP contribution in [0.15, 0.2) is 42.6 Å². The van der Waals surface area contributed by atoms with E-state index >= 15 is 0 Å². The molecule has 0 aliphatic carbocycles. The van der Waals surface area contributed by atoms with Crippen molar-refractivity contribution in [3.05, 3.63) is 53.7 Å². The van der Waals surface area contributed by atoms with Crippen molar-refractivity contribution in [1.29, 1.82) is 0 Å². The zero-order valence-corrected chi connectivity index (χ0v) is 10.8. The van der Waals surface area contributed by atoms with Gasteiger partial charge in [-0.3, -0.25) is 5.73 Å². The molecule has 0 fully saturated rings. The zero-order valence-electron chi connectivity index (χ0n) is 10.8. The Labute approximate surface area is 111 Å². The van der Waals surface area contributed by atoms with Crippen molar-refractivity contribution in [1.82, 2.24) is 0 Å². The van der Waals surface area contributed by atoms with Crippen molar-refractivity contribution in [2.75, 3.05) is 12.8 Å². The number of anilines is 1. The Kier molecular flexibility index (Phi) is 5.35. The summed E-state index contributed by atoms with van der Waals surface area (Å²) in [7, 11) is 1.52. The Hall–Kier alpha value is -2.56. The molecule has 0 atom stereocenters. The molecule has 1 aromatic heterocycles. The van der Waals surface area contributed by atoms with Crippen LogP contribution < -0.4 is 20.6 Å². The van der Waals surface area contributed by atoms with Gasteiger partial charge in [-0.15, -0.1) is 0 Å². The molecule has 0 amide bonds. The number of aromatic nitrogens is 1. The summed E-state index contributed by atoms with van der Waals surface area (Å²) in [5.41, 5.74) is 6.71. The molecular formula is C14H16N2O3. The molecule has 5 heteroatoms. The SMILES string of the molecule is COc1ccc(C(=O)[O-])cc1.Cc1ccc[nH+]c1N. The summed E-state index contributed by atoms with van der Waals surface area (Å²) in [4.78, 5) is 13.1. The van der Waals surface area contributed by atoms with Crippen molar-refractivity contribution >= 4 is 11.8 Å². The number of nitrogen functional groups attached to an aromatic ring is 1. The standard InChI is InChI=1S/C8H8O3.C6H8N2/c1-11-7-4-2-6(3-5-7)8(9)10;1-5-3-2-4-8-6(5)7/h2-5H,1H3,(H,9,10);2-4H,1H3,(H2,7,8). The van der Waals surface area contributed by atoms with Gasteiger partial charge in [-0.2, -0.15) is 0 Å². The maximum absolute atomic E-state index is 10.2. The quantitative estimate of drug-likeness (QED) is 0.849. The molecule has 0 aliphatic heterocycles. The fourth-order valence-electron chi connectivity index (χ4n) is 1.26. The van der Waals surface area contributed by atoms with E-state index in [-0.39, 0.29) is 5.56 Å². The molecule has 0 aliphatic rings. The lowest BCUT2D eigenvalue weighted by molar-refractivity contribution is -0.360. The summed E-state index contributed by atoms with van der Waals surface area (Å²) in [5.74, 6) is 0.204. The maximum atomic E-state index is 10.2. The number of rotatable bonds is 2. The third-order valence-electron chi connectivity index (χ3n) is 2.43. The molecule has 19 heavy (non-hydrogen) atoms. The number of carboxylic acids is 1. The number of nitrogens with one attached hydrogen (secondary N) is 1. The first-order chi connectivity index (χ1) is 9.04. The number of carboxylic acid groups (broad SMARTS) is 1. The Balaban J connectivity index is 0.000000200. The van der Waals surface area contributed by atoms with Crippen LogP contribution in [0.5, 0.6) is 5.75 Å². The van der Waals surface area contributed by atoms with Gasteiger partial charge < -0.3 is 14.6 Å². The first-order valence-corrected chi connectivity index (χ1v) is 5.62. The minimum absolute atomic E-state index is 0.158. The smallest absolute Gasteiger partial charge is 0.272 e. The van der Waals surface area contributed by atoms with Gasteiger partial charge in [-0.1, -0.05) is 0 Å². The molecule has 1 aromatic carbocycles. The highest BCUT2D eigenvalue weighted by Crippen LogP contribution is 2.10. The summed E-state index contributed by atoms with van der Waals surface area (Å²) < 4.78 is 4.84. The number of hydrogen-bond donors (Lipinski definition) is 1. The average molecular weight is 260 g/mol. The van der Waals surface area contributed by atoms with Crippen molar-refractivity contribution in [2.24, 2.45) is 0 Å². The highest BCUT2D eigenvalue weighted by Gasteiger charge is 1.93. The second-order valence-corrected chi connectivity index (χ2v) is 3.78. The predicted molar refractivity (Wildman–Crippen MR) is 69.5 cm³/mol. The van der Waals surface area contributed by atoms with Crippen molar-refractivity contribution in [3.8, 4) is 5.75 Å². The number of methoxy groups -OCH3 is 1. The van der Waals surface area contributed by atoms with Gasteiger partial charge in [0.05, 0.1) is 19.3 Å². The first kappa shape index (κ1) is 14.5. The number of benzene rings is 1. The van der Waals surface area contributed by atoms with Crippen molar-refractivity contribution in [3.63, 3.8) is 0 Å². The van der Waals surface area contributed by atoms with Gasteiger partial charge in [0.2, 0.25) is 0 Å². The first-order valence-electron chi connectivity index (χ1n) is 5.62. The molecule has 3 N–H and O–H groups in total. The van der Waals surface area contributed by atoms with E-state index in [0.29, 0.717) is 5.75 Å². The summed E-state index contributed by atoms with van der Waals surface area (Å²) in [6.07, 6.45) is 1.81. The lowest BCUT2D eigenvalue weighted by atomic mass is 10.2. The molecular weight excluding hydrogens is 244 g/mol. The third-order valence-corrected chi connectivity index (χ3v) is 2.43. The van der Waals surface area contributed by atoms with Crippen LogP contribution in [0, 0.1) is 6.92 Å². The molecule has 0 bridgehead atoms. The second kappa shape index (κ2) is 7.00. The fraction of sp³-hybridized carbons (Fsp3) is 0.143. The minimum Gasteiger partial charge on any atom is -0.545 e. The number of pyridine rings is 1. The van der Waals surface area contributed by atoms with Crippen LogP contribution in [0.4, 0.5) is 5.82 Å². The van der Waals surface area contributed by atoms with Crippen molar-refractivity contribution in [2.45, 2.75) is 6.92 Å². The Morgan fingerprint density at radius 3 is 2.26 bits per heavy atom. The third kappa shape index (κ3) is 4.67. The molecule has 100 valence electrons. The summed E-state index contributed by atoms with van der Waals surface area (Å²) in [5, 5.41) is 10.2. The van der Waals surface area contributed by atoms with E-state index in [2.05, 4.69) is 4.98 Å². The van der Waals surface area contributed by atoms with Crippen LogP contribution in [-0.4, -0.2) is 13.1 Å². The van der Waals surface area contributed by atoms with E-state index in [9.17, 15) is 9.90 Å². The highest BCUT2D eigenvalue weighted by atomic mass is 16.5. The predicted octanol–water partition coefficient (Wildman–Crippen LogP) is 0.450. The molecule has 5 nitrogen and oxygen atoms in total. The number of H-pyrrole nitrogens is 1. The van der Waals surface area contributed by atoms with Crippen molar-refractivity contribution < 1.29 is 19.6 Å². The molecule has 2 rings (SSSR count). The number of carbonyl (C=O) groups excluding carboxylic acids is 1. The van der Waals surface area contributed by atoms with Crippen LogP contribution in [0.3, 0.4) is 0 Å². The van der Waals surface area contributed by atoms with E-state index in [0.717, 1.165) is 11.4 Å². The Bertz CT molecular complexity index is 518. The van der Waals surface area contributed by atoms with Gasteiger partial charge in [-0.25, -0.2) is 4.98 Å². The van der Waals surface area contributed by atoms with Gasteiger partial charge in [0, 0.05) is 5.56 Å². The molecule has 2 aromatic rings. The molecule has 0 unspecified atom stereocenters. The fourth-order valence-corrected chi connectivity index (χ4v) is 1.26. The van der Waals surface area contributed by atoms with E-state index in [1.807, 2.05) is 25.3 Å². The van der Waals surface area contributed by atoms with E-state index in [1.54, 1.807) is 12.1 Å². The maximum Gasteiger partial charge on any atom is 0.272 e. The van der Waals surface area contributed by atoms with Gasteiger partial charge in [-0.05, 0) is 48.9 Å². The number of aromatic carboxylic acids is 1. The number of aryl methyl sites for hydroxylation is 1. The topological polar surface area (TPSA) is 89.5 Å². The zero-order chi connectivity index (χ0) is 14.3. The van der Waals surface area contributed by atoms with E-state index in [4.69, 9.17) is 10.5 Å². The molecule has 1 heterocycles. The lowest BCUT2D eigenvalue weighted by Crippen LogP contribution is -2.21. The normalized spacial score (nSPS) is 9.16. The summed E-state index contributed by atoms with van der Waals surface area (Å²) in [6.45, 7) is 1.96. The molecule has 0 radical (unpaired) electrons. The second-order valence-electron chi connectivity index (χ2n) is 3.78.